The Morgan fingerprint density at radius 3 is 2.45 bits per heavy atom. The number of carbonyl (C=O) groups excluding carboxylic acids is 1. The Morgan fingerprint density at radius 1 is 1.15 bits per heavy atom. The van der Waals surface area contributed by atoms with Gasteiger partial charge in [-0.1, -0.05) is 23.8 Å². The van der Waals surface area contributed by atoms with Gasteiger partial charge in [0, 0.05) is 25.1 Å². The second-order valence-corrected chi connectivity index (χ2v) is 7.52. The monoisotopic (exact) mass is 471 g/mol. The molecule has 1 rings (SSSR count). The van der Waals surface area contributed by atoms with Crippen molar-refractivity contribution in [2.75, 3.05) is 0 Å². The first kappa shape index (κ1) is 27.7. The van der Waals surface area contributed by atoms with Crippen LogP contribution in [0, 0.1) is 0 Å². The zero-order valence-electron chi connectivity index (χ0n) is 18.5. The molecule has 0 fully saturated rings. The van der Waals surface area contributed by atoms with Gasteiger partial charge < -0.3 is 14.6 Å². The van der Waals surface area contributed by atoms with Crippen LogP contribution in [0.15, 0.2) is 50.9 Å². The summed E-state index contributed by atoms with van der Waals surface area (Å²) in [4.78, 5) is 35.1. The Bertz CT molecular complexity index is 973. The summed E-state index contributed by atoms with van der Waals surface area (Å²) >= 11 is 0. The Morgan fingerprint density at radius 2 is 1.85 bits per heavy atom. The first-order valence-electron chi connectivity index (χ1n) is 10.4. The molecular weight excluding hydrogens is 443 g/mol. The molecule has 0 saturated heterocycles. The third-order valence-electron chi connectivity index (χ3n) is 4.58. The average molecular weight is 471 g/mol. The Hall–Kier alpha value is -3.30. The average Bonchev–Trinajstić information content (AvgIpc) is 2.70. The summed E-state index contributed by atoms with van der Waals surface area (Å²) in [5, 5.41) is 20.7. The number of rotatable bonds is 12. The molecule has 0 saturated carbocycles. The smallest absolute Gasteiger partial charge is 0.408 e. The van der Waals surface area contributed by atoms with Crippen LogP contribution >= 0.6 is 0 Å². The number of hydrogen-bond donors (Lipinski definition) is 3. The van der Waals surface area contributed by atoms with Gasteiger partial charge in [-0.25, -0.2) is 9.59 Å². The van der Waals surface area contributed by atoms with E-state index in [4.69, 9.17) is 9.52 Å². The highest BCUT2D eigenvalue weighted by Crippen LogP contribution is 2.24. The van der Waals surface area contributed by atoms with E-state index in [1.807, 2.05) is 0 Å². The number of alkyl halides is 3. The fourth-order valence-electron chi connectivity index (χ4n) is 2.82. The second-order valence-electron chi connectivity index (χ2n) is 7.52. The number of amides is 1. The Balaban J connectivity index is 2.72. The summed E-state index contributed by atoms with van der Waals surface area (Å²) in [6.07, 6.45) is 1.84. The fraction of sp³-hybridized carbons (Fsp3) is 0.435. The lowest BCUT2D eigenvalue weighted by atomic mass is 10.0. The predicted octanol–water partition coefficient (Wildman–Crippen LogP) is 5.65. The van der Waals surface area contributed by atoms with Crippen LogP contribution in [-0.2, 0) is 6.42 Å². The minimum Gasteiger partial charge on any atom is -0.507 e. The first-order valence-corrected chi connectivity index (χ1v) is 10.4. The molecule has 0 aromatic carbocycles. The summed E-state index contributed by atoms with van der Waals surface area (Å²) in [5.41, 5.74) is -0.521. The molecule has 0 aliphatic carbocycles. The van der Waals surface area contributed by atoms with Crippen LogP contribution in [-0.4, -0.2) is 28.3 Å². The maximum atomic E-state index is 12.6. The van der Waals surface area contributed by atoms with E-state index in [9.17, 15) is 32.7 Å². The van der Waals surface area contributed by atoms with Crippen molar-refractivity contribution in [2.45, 2.75) is 65.0 Å². The van der Waals surface area contributed by atoms with Gasteiger partial charge in [-0.3, -0.25) is 10.1 Å². The minimum atomic E-state index is -4.17. The van der Waals surface area contributed by atoms with Crippen molar-refractivity contribution in [3.63, 3.8) is 0 Å². The van der Waals surface area contributed by atoms with Gasteiger partial charge in [0.05, 0.1) is 0 Å². The standard InChI is InChI=1S/C23H28F3NO6/c1-15(8-5-6-12-23(24,25)26)10-11-16(2)20(29)19-18(28)14-17(33-21(19)30)9-4-3-7-13-27-22(31)32/h7,10-11,13-14,27-28H,3-6,8-9,12H2,1-2H3,(H,31,32)/b13-7+,15-10+,16-11+. The second kappa shape index (κ2) is 13.3. The van der Waals surface area contributed by atoms with Crippen LogP contribution in [0.2, 0.25) is 0 Å². The lowest BCUT2D eigenvalue weighted by Gasteiger charge is -2.06. The van der Waals surface area contributed by atoms with E-state index >= 15 is 0 Å². The molecule has 33 heavy (non-hydrogen) atoms. The molecule has 0 atom stereocenters. The molecule has 3 N–H and O–H groups in total. The highest BCUT2D eigenvalue weighted by atomic mass is 19.4. The molecule has 0 aliphatic heterocycles. The van der Waals surface area contributed by atoms with Crippen molar-refractivity contribution in [1.82, 2.24) is 5.32 Å². The number of nitrogens with one attached hydrogen (secondary N) is 1. The van der Waals surface area contributed by atoms with Gasteiger partial charge in [-0.15, -0.1) is 0 Å². The normalized spacial score (nSPS) is 12.9. The fourth-order valence-corrected chi connectivity index (χ4v) is 2.82. The number of ketones is 1. The molecule has 1 aromatic rings. The van der Waals surface area contributed by atoms with Crippen molar-refractivity contribution in [2.24, 2.45) is 0 Å². The lowest BCUT2D eigenvalue weighted by molar-refractivity contribution is -0.135. The lowest BCUT2D eigenvalue weighted by Crippen LogP contribution is -2.16. The Kier molecular flexibility index (Phi) is 11.2. The number of aryl methyl sites for hydroxylation is 1. The van der Waals surface area contributed by atoms with Crippen molar-refractivity contribution in [3.8, 4) is 5.75 Å². The molecule has 1 aromatic heterocycles. The van der Waals surface area contributed by atoms with E-state index in [-0.39, 0.29) is 17.8 Å². The van der Waals surface area contributed by atoms with Gasteiger partial charge in [0.1, 0.15) is 17.1 Å². The van der Waals surface area contributed by atoms with Crippen LogP contribution in [0.25, 0.3) is 0 Å². The van der Waals surface area contributed by atoms with Gasteiger partial charge in [0.15, 0.2) is 5.78 Å². The maximum absolute atomic E-state index is 12.6. The van der Waals surface area contributed by atoms with E-state index in [2.05, 4.69) is 5.32 Å². The highest BCUT2D eigenvalue weighted by Gasteiger charge is 2.25. The van der Waals surface area contributed by atoms with Gasteiger partial charge in [0.25, 0.3) is 0 Å². The first-order chi connectivity index (χ1) is 15.4. The zero-order chi connectivity index (χ0) is 25.0. The van der Waals surface area contributed by atoms with Crippen LogP contribution in [0.3, 0.4) is 0 Å². The molecule has 0 aliphatic rings. The van der Waals surface area contributed by atoms with E-state index < -0.39 is 41.4 Å². The summed E-state index contributed by atoms with van der Waals surface area (Å²) in [7, 11) is 0. The van der Waals surface area contributed by atoms with Crippen molar-refractivity contribution in [1.29, 1.82) is 0 Å². The number of aromatic hydroxyl groups is 1. The van der Waals surface area contributed by atoms with Crippen LogP contribution in [0.4, 0.5) is 18.0 Å². The van der Waals surface area contributed by atoms with Crippen LogP contribution < -0.4 is 10.9 Å². The van der Waals surface area contributed by atoms with Gasteiger partial charge in [-0.2, -0.15) is 13.2 Å². The number of carboxylic acid groups (broad SMARTS) is 1. The molecule has 0 spiro atoms. The number of hydrogen-bond acceptors (Lipinski definition) is 5. The summed E-state index contributed by atoms with van der Waals surface area (Å²) < 4.78 is 41.6. The van der Waals surface area contributed by atoms with E-state index in [1.165, 1.54) is 25.3 Å². The van der Waals surface area contributed by atoms with E-state index in [1.54, 1.807) is 19.1 Å². The zero-order valence-corrected chi connectivity index (χ0v) is 18.5. The molecule has 1 amide bonds. The van der Waals surface area contributed by atoms with Gasteiger partial charge >= 0.3 is 17.9 Å². The quantitative estimate of drug-likeness (QED) is 0.157. The van der Waals surface area contributed by atoms with Crippen molar-refractivity contribution >= 4 is 11.9 Å². The highest BCUT2D eigenvalue weighted by molar-refractivity contribution is 6.09. The number of carbonyl (C=O) groups is 2. The minimum absolute atomic E-state index is 0.0209. The summed E-state index contributed by atoms with van der Waals surface area (Å²) in [6, 6.07) is 1.20. The number of allylic oxidation sites excluding steroid dienone is 5. The molecular formula is C23H28F3NO6. The summed E-state index contributed by atoms with van der Waals surface area (Å²) in [6.45, 7) is 3.19. The molecule has 0 unspecified atom stereocenters. The third kappa shape index (κ3) is 11.2. The van der Waals surface area contributed by atoms with Crippen LogP contribution in [0.5, 0.6) is 5.75 Å². The molecule has 0 bridgehead atoms. The topological polar surface area (TPSA) is 117 Å². The molecule has 1 heterocycles. The van der Waals surface area contributed by atoms with Gasteiger partial charge in [0.2, 0.25) is 0 Å². The number of unbranched alkanes of at least 4 members (excludes halogenated alkanes) is 2. The number of Topliss-reactive ketones (excluding diaryl/α,β-unsaturated/α-hetero) is 1. The van der Waals surface area contributed by atoms with Crippen LogP contribution in [0.1, 0.15) is 68.5 Å². The maximum Gasteiger partial charge on any atom is 0.408 e. The molecule has 7 nitrogen and oxygen atoms in total. The largest absolute Gasteiger partial charge is 0.507 e. The molecule has 182 valence electrons. The summed E-state index contributed by atoms with van der Waals surface area (Å²) in [5.74, 6) is -1.03. The van der Waals surface area contributed by atoms with Crippen molar-refractivity contribution < 1.29 is 37.4 Å². The third-order valence-corrected chi connectivity index (χ3v) is 4.58. The Labute approximate surface area is 189 Å². The molecule has 0 radical (unpaired) electrons. The SMILES string of the molecule is C/C(=C\C=C(/C)C(=O)c1c(O)cc(CCC/C=C/NC(=O)O)oc1=O)CCCCC(F)(F)F. The van der Waals surface area contributed by atoms with Crippen molar-refractivity contribution in [3.05, 3.63) is 63.4 Å². The number of halogens is 3. The molecule has 10 heteroatoms. The predicted molar refractivity (Wildman–Crippen MR) is 116 cm³/mol. The van der Waals surface area contributed by atoms with Gasteiger partial charge in [-0.05, 0) is 51.5 Å². The van der Waals surface area contributed by atoms with E-state index in [0.717, 1.165) is 5.57 Å². The van der Waals surface area contributed by atoms with E-state index in [0.29, 0.717) is 32.1 Å².